The van der Waals surface area contributed by atoms with Gasteiger partial charge >= 0.3 is 0 Å². The van der Waals surface area contributed by atoms with E-state index in [2.05, 4.69) is 15.2 Å². The molecular weight excluding hydrogens is 404 g/mol. The molecule has 0 bridgehead atoms. The fourth-order valence-electron chi connectivity index (χ4n) is 3.81. The second-order valence-corrected chi connectivity index (χ2v) is 7.26. The zero-order chi connectivity index (χ0) is 21.5. The van der Waals surface area contributed by atoms with Gasteiger partial charge in [-0.1, -0.05) is 29.4 Å². The molecule has 0 spiro atoms. The smallest absolute Gasteiger partial charge is 0.279 e. The van der Waals surface area contributed by atoms with Crippen molar-refractivity contribution < 1.29 is 18.1 Å². The number of hydrogen-bond donors (Lipinski definition) is 0. The van der Waals surface area contributed by atoms with E-state index >= 15 is 0 Å². The normalized spacial score (nSPS) is 13.3. The lowest BCUT2D eigenvalue weighted by Crippen LogP contribution is -2.36. The summed E-state index contributed by atoms with van der Waals surface area (Å²) in [4.78, 5) is 18.8. The van der Waals surface area contributed by atoms with E-state index in [1.165, 1.54) is 18.2 Å². The van der Waals surface area contributed by atoms with Crippen molar-refractivity contribution in [2.75, 3.05) is 6.54 Å². The molecule has 0 atom stereocenters. The lowest BCUT2D eigenvalue weighted by molar-refractivity contribution is 0.0729. The average Bonchev–Trinajstić information content (AvgIpc) is 3.38. The molecule has 156 valence electrons. The van der Waals surface area contributed by atoms with Gasteiger partial charge < -0.3 is 9.42 Å². The van der Waals surface area contributed by atoms with E-state index in [4.69, 9.17) is 4.52 Å². The Bertz CT molecular complexity index is 1300. The zero-order valence-corrected chi connectivity index (χ0v) is 16.5. The van der Waals surface area contributed by atoms with Crippen molar-refractivity contribution in [3.8, 4) is 23.0 Å². The maximum Gasteiger partial charge on any atom is 0.279 e. The first-order valence-electron chi connectivity index (χ1n) is 9.70. The molecule has 7 nitrogen and oxygen atoms in total. The summed E-state index contributed by atoms with van der Waals surface area (Å²) in [5, 5.41) is 8.38. The van der Waals surface area contributed by atoms with Crippen LogP contribution in [0.25, 0.3) is 23.0 Å². The summed E-state index contributed by atoms with van der Waals surface area (Å²) in [6, 6.07) is 12.1. The molecule has 1 aliphatic rings. The van der Waals surface area contributed by atoms with Crippen molar-refractivity contribution in [2.24, 2.45) is 7.05 Å². The van der Waals surface area contributed by atoms with Gasteiger partial charge in [0, 0.05) is 31.3 Å². The highest BCUT2D eigenvalue weighted by Crippen LogP contribution is 2.31. The quantitative estimate of drug-likeness (QED) is 0.505. The highest BCUT2D eigenvalue weighted by molar-refractivity contribution is 5.94. The second kappa shape index (κ2) is 7.42. The van der Waals surface area contributed by atoms with E-state index in [0.29, 0.717) is 18.7 Å². The minimum absolute atomic E-state index is 0.0241. The zero-order valence-electron chi connectivity index (χ0n) is 16.5. The Morgan fingerprint density at radius 3 is 2.58 bits per heavy atom. The Labute approximate surface area is 175 Å². The summed E-state index contributed by atoms with van der Waals surface area (Å²) in [7, 11) is 1.80. The monoisotopic (exact) mass is 421 g/mol. The maximum atomic E-state index is 14.1. The molecule has 1 aliphatic heterocycles. The molecule has 0 radical (unpaired) electrons. The third-order valence-corrected chi connectivity index (χ3v) is 5.38. The van der Waals surface area contributed by atoms with Crippen molar-refractivity contribution in [2.45, 2.75) is 13.0 Å². The van der Waals surface area contributed by atoms with E-state index < -0.39 is 17.5 Å². The van der Waals surface area contributed by atoms with Crippen LogP contribution in [-0.4, -0.2) is 37.3 Å². The summed E-state index contributed by atoms with van der Waals surface area (Å²) in [6.45, 7) is 0.659. The van der Waals surface area contributed by atoms with E-state index in [-0.39, 0.29) is 29.4 Å². The van der Waals surface area contributed by atoms with Gasteiger partial charge in [0.25, 0.3) is 11.8 Å². The van der Waals surface area contributed by atoms with Crippen LogP contribution < -0.4 is 0 Å². The number of amides is 1. The Morgan fingerprint density at radius 1 is 1.06 bits per heavy atom. The third-order valence-electron chi connectivity index (χ3n) is 5.38. The van der Waals surface area contributed by atoms with Gasteiger partial charge in [0.2, 0.25) is 5.82 Å². The van der Waals surface area contributed by atoms with Gasteiger partial charge in [0.1, 0.15) is 11.6 Å². The molecule has 0 saturated heterocycles. The van der Waals surface area contributed by atoms with E-state index in [9.17, 15) is 13.6 Å². The standard InChI is InChI=1S/C22H17F2N5O2/c1-28-18-10-11-29(22(30)14-7-3-5-9-17(14)24)12-15(18)19(26-28)21-25-20(27-31-21)13-6-2-4-8-16(13)23/h2-9H,10-12H2,1H3. The van der Waals surface area contributed by atoms with Crippen LogP contribution in [0.15, 0.2) is 53.1 Å². The van der Waals surface area contributed by atoms with Crippen LogP contribution in [0.2, 0.25) is 0 Å². The van der Waals surface area contributed by atoms with E-state index in [1.807, 2.05) is 0 Å². The van der Waals surface area contributed by atoms with E-state index in [0.717, 1.165) is 11.3 Å². The van der Waals surface area contributed by atoms with Crippen molar-refractivity contribution in [1.29, 1.82) is 0 Å². The maximum absolute atomic E-state index is 14.1. The topological polar surface area (TPSA) is 77.1 Å². The van der Waals surface area contributed by atoms with Crippen LogP contribution in [0.1, 0.15) is 21.6 Å². The lowest BCUT2D eigenvalue weighted by Gasteiger charge is -2.27. The van der Waals surface area contributed by atoms with Gasteiger partial charge in [-0.05, 0) is 24.3 Å². The predicted octanol–water partition coefficient (Wildman–Crippen LogP) is 3.61. The van der Waals surface area contributed by atoms with E-state index in [1.54, 1.807) is 47.0 Å². The first-order chi connectivity index (χ1) is 15.0. The Kier molecular flexibility index (Phi) is 4.58. The number of aryl methyl sites for hydroxylation is 1. The van der Waals surface area contributed by atoms with Crippen molar-refractivity contribution in [3.05, 3.63) is 77.0 Å². The van der Waals surface area contributed by atoms with Gasteiger partial charge in [-0.3, -0.25) is 9.48 Å². The van der Waals surface area contributed by atoms with Crippen molar-refractivity contribution in [3.63, 3.8) is 0 Å². The van der Waals surface area contributed by atoms with Crippen LogP contribution in [0.4, 0.5) is 8.78 Å². The molecule has 31 heavy (non-hydrogen) atoms. The first kappa shape index (κ1) is 19.1. The average molecular weight is 421 g/mol. The van der Waals surface area contributed by atoms with Crippen molar-refractivity contribution >= 4 is 5.91 Å². The SMILES string of the molecule is Cn1nc(-c2nc(-c3ccccc3F)no2)c2c1CCN(C(=O)c1ccccc1F)C2. The molecule has 0 unspecified atom stereocenters. The van der Waals surface area contributed by atoms with Gasteiger partial charge in [-0.2, -0.15) is 10.1 Å². The summed E-state index contributed by atoms with van der Waals surface area (Å²) >= 11 is 0. The minimum Gasteiger partial charge on any atom is -0.334 e. The largest absolute Gasteiger partial charge is 0.334 e. The molecule has 0 N–H and O–H groups in total. The molecule has 3 heterocycles. The first-order valence-corrected chi connectivity index (χ1v) is 9.70. The molecule has 5 rings (SSSR count). The fourth-order valence-corrected chi connectivity index (χ4v) is 3.81. The van der Waals surface area contributed by atoms with Crippen LogP contribution >= 0.6 is 0 Å². The van der Waals surface area contributed by atoms with Gasteiger partial charge in [0.05, 0.1) is 17.7 Å². The number of halogens is 2. The number of aromatic nitrogens is 4. The molecule has 9 heteroatoms. The summed E-state index contributed by atoms with van der Waals surface area (Å²) < 4.78 is 35.3. The Hall–Kier alpha value is -3.88. The highest BCUT2D eigenvalue weighted by Gasteiger charge is 2.30. The molecule has 0 fully saturated rings. The number of hydrogen-bond acceptors (Lipinski definition) is 5. The number of carbonyl (C=O) groups excluding carboxylic acids is 1. The Balaban J connectivity index is 1.49. The summed E-state index contributed by atoms with van der Waals surface area (Å²) in [6.07, 6.45) is 0.549. The van der Waals surface area contributed by atoms with Crippen LogP contribution in [0, 0.1) is 11.6 Å². The van der Waals surface area contributed by atoms with Crippen molar-refractivity contribution in [1.82, 2.24) is 24.8 Å². The van der Waals surface area contributed by atoms with Gasteiger partial charge in [-0.25, -0.2) is 8.78 Å². The Morgan fingerprint density at radius 2 is 1.81 bits per heavy atom. The van der Waals surface area contributed by atoms with Crippen LogP contribution in [-0.2, 0) is 20.0 Å². The molecule has 4 aromatic rings. The van der Waals surface area contributed by atoms with Crippen LogP contribution in [0.3, 0.4) is 0 Å². The number of fused-ring (bicyclic) bond motifs is 1. The predicted molar refractivity (Wildman–Crippen MR) is 107 cm³/mol. The van der Waals surface area contributed by atoms with Gasteiger partial charge in [0.15, 0.2) is 5.69 Å². The lowest BCUT2D eigenvalue weighted by atomic mass is 10.0. The number of nitrogens with zero attached hydrogens (tertiary/aromatic N) is 5. The summed E-state index contributed by atoms with van der Waals surface area (Å²) in [5.74, 6) is -1.16. The third kappa shape index (κ3) is 3.27. The molecule has 2 aromatic carbocycles. The second-order valence-electron chi connectivity index (χ2n) is 7.26. The van der Waals surface area contributed by atoms with Gasteiger partial charge in [-0.15, -0.1) is 0 Å². The molecular formula is C22H17F2N5O2. The molecule has 0 saturated carbocycles. The van der Waals surface area contributed by atoms with Crippen LogP contribution in [0.5, 0.6) is 0 Å². The fraction of sp³-hybridized carbons (Fsp3) is 0.182. The number of carbonyl (C=O) groups is 1. The minimum atomic E-state index is -0.559. The number of benzene rings is 2. The highest BCUT2D eigenvalue weighted by atomic mass is 19.1. The summed E-state index contributed by atoms with van der Waals surface area (Å²) in [5.41, 5.74) is 2.36. The molecule has 2 aromatic heterocycles. The molecule has 0 aliphatic carbocycles. The number of rotatable bonds is 3. The molecule has 1 amide bonds.